The van der Waals surface area contributed by atoms with Gasteiger partial charge in [0.05, 0.1) is 6.04 Å². The average molecular weight is 372 g/mol. The molecule has 9 heteroatoms. The summed E-state index contributed by atoms with van der Waals surface area (Å²) >= 11 is 0. The first-order valence-corrected chi connectivity index (χ1v) is 9.14. The Hall–Kier alpha value is -2.68. The molecule has 27 heavy (non-hydrogen) atoms. The van der Waals surface area contributed by atoms with Crippen LogP contribution in [0.3, 0.4) is 0 Å². The topological polar surface area (TPSA) is 96.2 Å². The number of aromatic amines is 1. The molecule has 144 valence electrons. The van der Waals surface area contributed by atoms with Gasteiger partial charge >= 0.3 is 5.69 Å². The maximum atomic E-state index is 12.9. The van der Waals surface area contributed by atoms with E-state index in [1.807, 2.05) is 24.7 Å². The van der Waals surface area contributed by atoms with Gasteiger partial charge in [-0.15, -0.1) is 5.10 Å². The molecule has 2 aromatic heterocycles. The van der Waals surface area contributed by atoms with Crippen LogP contribution in [0.2, 0.25) is 0 Å². The van der Waals surface area contributed by atoms with Gasteiger partial charge in [0.2, 0.25) is 5.82 Å². The SMILES string of the molecule is CN(C)C[C@H]1[C@H]2C[C@H](CN(C(=O)c3nn(C)c(=O)[nH]3)C2)c2cccc(=O)n21. The van der Waals surface area contributed by atoms with Gasteiger partial charge in [-0.2, -0.15) is 0 Å². The van der Waals surface area contributed by atoms with Crippen LogP contribution in [0.4, 0.5) is 0 Å². The first-order valence-electron chi connectivity index (χ1n) is 9.14. The van der Waals surface area contributed by atoms with E-state index < -0.39 is 5.69 Å². The average Bonchev–Trinajstić information content (AvgIpc) is 2.96. The molecule has 2 aliphatic heterocycles. The number of amides is 1. The first-order chi connectivity index (χ1) is 12.8. The smallest absolute Gasteiger partial charge is 0.335 e. The Balaban J connectivity index is 1.70. The van der Waals surface area contributed by atoms with Gasteiger partial charge in [0, 0.05) is 44.4 Å². The fourth-order valence-electron chi connectivity index (χ4n) is 4.47. The molecule has 0 aliphatic carbocycles. The molecule has 0 spiro atoms. The molecule has 4 heterocycles. The molecule has 2 aromatic rings. The molecule has 0 aromatic carbocycles. The van der Waals surface area contributed by atoms with Crippen molar-refractivity contribution < 1.29 is 4.79 Å². The van der Waals surface area contributed by atoms with E-state index in [4.69, 9.17) is 0 Å². The lowest BCUT2D eigenvalue weighted by Crippen LogP contribution is -2.53. The van der Waals surface area contributed by atoms with Crippen LogP contribution < -0.4 is 11.2 Å². The van der Waals surface area contributed by atoms with E-state index in [1.54, 1.807) is 17.0 Å². The van der Waals surface area contributed by atoms with Crippen LogP contribution in [0.25, 0.3) is 0 Å². The number of aromatic nitrogens is 4. The number of hydrogen-bond donors (Lipinski definition) is 1. The molecule has 2 aliphatic rings. The van der Waals surface area contributed by atoms with Gasteiger partial charge in [-0.25, -0.2) is 9.48 Å². The van der Waals surface area contributed by atoms with Crippen molar-refractivity contribution in [3.63, 3.8) is 0 Å². The minimum absolute atomic E-state index is 0.0123. The Bertz CT molecular complexity index is 987. The summed E-state index contributed by atoms with van der Waals surface area (Å²) in [5, 5.41) is 4.00. The summed E-state index contributed by atoms with van der Waals surface area (Å²) in [7, 11) is 5.49. The van der Waals surface area contributed by atoms with E-state index in [1.165, 1.54) is 7.05 Å². The molecule has 1 amide bonds. The Kier molecular flexibility index (Phi) is 4.26. The number of carbonyl (C=O) groups is 1. The molecule has 3 atom stereocenters. The highest BCUT2D eigenvalue weighted by Crippen LogP contribution is 2.41. The van der Waals surface area contributed by atoms with Gasteiger partial charge in [-0.05, 0) is 32.5 Å². The molecule has 1 N–H and O–H groups in total. The maximum absolute atomic E-state index is 12.9. The standard InChI is InChI=1S/C18H24N6O3/c1-21(2)10-14-12-7-11(13-5-4-6-15(25)24(13)14)8-23(9-12)17(26)16-19-18(27)22(3)20-16/h4-6,11-12,14H,7-10H2,1-3H3,(H,19,20,27)/t11-,12+,14+/m1/s1. The second-order valence-corrected chi connectivity index (χ2v) is 7.79. The van der Waals surface area contributed by atoms with Crippen LogP contribution in [-0.4, -0.2) is 68.8 Å². The summed E-state index contributed by atoms with van der Waals surface area (Å²) in [6.45, 7) is 1.80. The van der Waals surface area contributed by atoms with Crippen LogP contribution >= 0.6 is 0 Å². The third kappa shape index (κ3) is 3.01. The van der Waals surface area contributed by atoms with Gasteiger partial charge in [0.25, 0.3) is 11.5 Å². The molecular formula is C18H24N6O3. The summed E-state index contributed by atoms with van der Waals surface area (Å²) < 4.78 is 3.05. The van der Waals surface area contributed by atoms with Crippen molar-refractivity contribution in [3.05, 3.63) is 50.6 Å². The number of H-pyrrole nitrogens is 1. The number of hydrogen-bond acceptors (Lipinski definition) is 5. The Morgan fingerprint density at radius 3 is 2.74 bits per heavy atom. The number of aryl methyl sites for hydroxylation is 1. The first kappa shape index (κ1) is 17.7. The lowest BCUT2D eigenvalue weighted by molar-refractivity contribution is 0.0487. The number of likely N-dealkylation sites (N-methyl/N-ethyl adjacent to an activating group) is 1. The molecule has 2 bridgehead atoms. The fourth-order valence-corrected chi connectivity index (χ4v) is 4.47. The number of nitrogens with zero attached hydrogens (tertiary/aromatic N) is 5. The minimum atomic E-state index is -0.405. The normalized spacial score (nSPS) is 24.1. The summed E-state index contributed by atoms with van der Waals surface area (Å²) in [6, 6.07) is 5.40. The molecule has 0 radical (unpaired) electrons. The van der Waals surface area contributed by atoms with Crippen molar-refractivity contribution >= 4 is 5.91 Å². The van der Waals surface area contributed by atoms with E-state index in [9.17, 15) is 14.4 Å². The van der Waals surface area contributed by atoms with Gasteiger partial charge in [0.1, 0.15) is 0 Å². The van der Waals surface area contributed by atoms with Crippen molar-refractivity contribution in [2.45, 2.75) is 18.4 Å². The van der Waals surface area contributed by atoms with Gasteiger partial charge < -0.3 is 14.4 Å². The molecule has 0 unspecified atom stereocenters. The van der Waals surface area contributed by atoms with Crippen LogP contribution in [-0.2, 0) is 7.05 Å². The van der Waals surface area contributed by atoms with Crippen LogP contribution in [0.1, 0.15) is 34.7 Å². The van der Waals surface area contributed by atoms with Crippen molar-refractivity contribution in [1.29, 1.82) is 0 Å². The Morgan fingerprint density at radius 2 is 2.07 bits per heavy atom. The largest absolute Gasteiger partial charge is 0.343 e. The van der Waals surface area contributed by atoms with E-state index in [2.05, 4.69) is 15.0 Å². The zero-order chi connectivity index (χ0) is 19.3. The van der Waals surface area contributed by atoms with Crippen molar-refractivity contribution in [2.75, 3.05) is 33.7 Å². The zero-order valence-electron chi connectivity index (χ0n) is 15.8. The lowest BCUT2D eigenvalue weighted by atomic mass is 9.78. The number of pyridine rings is 1. The number of carbonyl (C=O) groups excluding carboxylic acids is 1. The number of piperidine rings is 1. The number of nitrogens with one attached hydrogen (secondary N) is 1. The number of rotatable bonds is 3. The second kappa shape index (κ2) is 6.49. The fraction of sp³-hybridized carbons (Fsp3) is 0.556. The predicted molar refractivity (Wildman–Crippen MR) is 98.9 cm³/mol. The summed E-state index contributed by atoms with van der Waals surface area (Å²) in [4.78, 5) is 43.5. The lowest BCUT2D eigenvalue weighted by Gasteiger charge is -2.47. The van der Waals surface area contributed by atoms with Crippen LogP contribution in [0, 0.1) is 5.92 Å². The molecule has 4 rings (SSSR count). The summed E-state index contributed by atoms with van der Waals surface area (Å²) in [5.74, 6) is 0.0865. The monoisotopic (exact) mass is 372 g/mol. The highest BCUT2D eigenvalue weighted by atomic mass is 16.2. The third-order valence-electron chi connectivity index (χ3n) is 5.61. The van der Waals surface area contributed by atoms with Crippen molar-refractivity contribution in [1.82, 2.24) is 29.1 Å². The summed E-state index contributed by atoms with van der Waals surface area (Å²) in [5.41, 5.74) is 0.596. The van der Waals surface area contributed by atoms with Crippen molar-refractivity contribution in [3.8, 4) is 0 Å². The number of fused-ring (bicyclic) bond motifs is 4. The van der Waals surface area contributed by atoms with E-state index in [-0.39, 0.29) is 35.2 Å². The van der Waals surface area contributed by atoms with Gasteiger partial charge in [0.15, 0.2) is 0 Å². The molecule has 1 saturated heterocycles. The molecule has 0 saturated carbocycles. The van der Waals surface area contributed by atoms with Gasteiger partial charge in [-0.3, -0.25) is 14.6 Å². The zero-order valence-corrected chi connectivity index (χ0v) is 15.8. The van der Waals surface area contributed by atoms with Crippen molar-refractivity contribution in [2.24, 2.45) is 13.0 Å². The van der Waals surface area contributed by atoms with E-state index in [0.29, 0.717) is 13.1 Å². The van der Waals surface area contributed by atoms with Crippen LogP contribution in [0.15, 0.2) is 27.8 Å². The summed E-state index contributed by atoms with van der Waals surface area (Å²) in [6.07, 6.45) is 0.949. The van der Waals surface area contributed by atoms with E-state index in [0.717, 1.165) is 23.3 Å². The van der Waals surface area contributed by atoms with E-state index >= 15 is 0 Å². The maximum Gasteiger partial charge on any atom is 0.343 e. The van der Waals surface area contributed by atoms with Crippen LogP contribution in [0.5, 0.6) is 0 Å². The quantitative estimate of drug-likeness (QED) is 0.793. The number of likely N-dealkylation sites (tertiary alicyclic amines) is 1. The molecule has 1 fully saturated rings. The van der Waals surface area contributed by atoms with Gasteiger partial charge in [-0.1, -0.05) is 6.07 Å². The minimum Gasteiger partial charge on any atom is -0.335 e. The second-order valence-electron chi connectivity index (χ2n) is 7.79. The predicted octanol–water partition coefficient (Wildman–Crippen LogP) is -0.368. The highest BCUT2D eigenvalue weighted by molar-refractivity contribution is 5.90. The highest BCUT2D eigenvalue weighted by Gasteiger charge is 2.42. The third-order valence-corrected chi connectivity index (χ3v) is 5.61. The Morgan fingerprint density at radius 1 is 1.30 bits per heavy atom. The molecule has 9 nitrogen and oxygen atoms in total. The Labute approximate surface area is 156 Å². The molecular weight excluding hydrogens is 348 g/mol.